The largest absolute Gasteiger partial charge is 0.192 e. The lowest BCUT2D eigenvalue weighted by atomic mass is 13.3. The normalized spacial score (nSPS) is 9.60. The van der Waals surface area contributed by atoms with E-state index in [1.165, 1.54) is 0 Å². The van der Waals surface area contributed by atoms with E-state index in [1.54, 1.807) is 5.04 Å². The summed E-state index contributed by atoms with van der Waals surface area (Å²) in [6.07, 6.45) is 0. The number of rotatable bonds is 1. The lowest BCUT2D eigenvalue weighted by Gasteiger charge is -1.80. The minimum absolute atomic E-state index is 1.75. The van der Waals surface area contributed by atoms with E-state index in [0.29, 0.717) is 0 Å². The van der Waals surface area contributed by atoms with E-state index in [0.717, 1.165) is 0 Å². The van der Waals surface area contributed by atoms with Crippen molar-refractivity contribution in [3.05, 3.63) is 0 Å². The zero-order valence-corrected chi connectivity index (χ0v) is 1.99. The average molecular weight is 87.0 g/mol. The molecular weight excluding hydrogens is 87.0 g/mol. The van der Waals surface area contributed by atoms with E-state index in [9.17, 15) is 13.5 Å². The Kier molecular flexibility index (Phi) is 1.86. The fourth-order valence-electron chi connectivity index (χ4n) is 0. The Labute approximate surface area is 25.5 Å². The topological polar surface area (TPSA) is 12.5 Å². The first-order chi connectivity index (χ1) is 2.27. The Morgan fingerprint density at radius 3 is 1.60 bits per heavy atom. The highest BCUT2D eigenvalue weighted by molar-refractivity contribution is 3.31. The van der Waals surface area contributed by atoms with Crippen molar-refractivity contribution in [2.45, 2.75) is 0 Å². The monoisotopic (exact) mass is 87.0 g/mol. The smallest absolute Gasteiger partial charge is 0.0682 e. The number of hydrogen-bond donors (Lipinski definition) is 0. The molecule has 0 aromatic heterocycles. The molecule has 5 heavy (non-hydrogen) atoms. The molecule has 0 aromatic carbocycles. The van der Waals surface area contributed by atoms with Crippen LogP contribution >= 0.6 is 0 Å². The second kappa shape index (κ2) is 1.98. The molecule has 0 amide bonds. The van der Waals surface area contributed by atoms with Crippen LogP contribution in [-0.2, 0) is 5.04 Å². The molecule has 0 fully saturated rings. The van der Waals surface area contributed by atoms with Gasteiger partial charge in [-0.15, -0.1) is 0 Å². The van der Waals surface area contributed by atoms with Gasteiger partial charge in [0.2, 0.25) is 0 Å². The van der Waals surface area contributed by atoms with Crippen LogP contribution in [0.4, 0.5) is 13.5 Å². The number of hydrogen-bond acceptors (Lipinski definition) is 2. The zero-order chi connectivity index (χ0) is 4.28. The van der Waals surface area contributed by atoms with Crippen molar-refractivity contribution >= 4 is 0 Å². The van der Waals surface area contributed by atoms with Gasteiger partial charge in [-0.1, -0.05) is 8.96 Å². The van der Waals surface area contributed by atoms with Crippen LogP contribution in [0.2, 0.25) is 0 Å². The number of nitrogens with zero attached hydrogens (tertiary/aromatic N) is 1. The third kappa shape index (κ3) is 3.71. The molecule has 0 bridgehead atoms. The predicted molar refractivity (Wildman–Crippen MR) is 6.25 cm³/mol. The van der Waals surface area contributed by atoms with Gasteiger partial charge >= 0.3 is 0 Å². The van der Waals surface area contributed by atoms with Crippen molar-refractivity contribution in [1.29, 1.82) is 0 Å². The van der Waals surface area contributed by atoms with Gasteiger partial charge in [0.05, 0.1) is 0 Å². The third-order valence-corrected chi connectivity index (χ3v) is 0.0522. The lowest BCUT2D eigenvalue weighted by Crippen LogP contribution is -1.90. The summed E-state index contributed by atoms with van der Waals surface area (Å²) in [6, 6.07) is 0. The molecule has 0 unspecified atom stereocenters. The summed E-state index contributed by atoms with van der Waals surface area (Å²) in [5.41, 5.74) is -2.04. The quantitative estimate of drug-likeness (QED) is 0.347. The first-order valence-corrected chi connectivity index (χ1v) is 0.675. The van der Waals surface area contributed by atoms with E-state index >= 15 is 0 Å². The summed E-state index contributed by atoms with van der Waals surface area (Å²) < 4.78 is 29.8. The minimum Gasteiger partial charge on any atom is -0.0682 e. The standard InChI is InChI=1S/F3NO/c1-4(2)5-3. The van der Waals surface area contributed by atoms with E-state index in [4.69, 9.17) is 0 Å². The summed E-state index contributed by atoms with van der Waals surface area (Å²) >= 11 is 0. The molecule has 5 heteroatoms. The molecule has 0 N–H and O–H groups in total. The lowest BCUT2D eigenvalue weighted by molar-refractivity contribution is -0.482. The summed E-state index contributed by atoms with van der Waals surface area (Å²) in [5, 5.41) is 1.75. The molecule has 0 aliphatic rings. The molecule has 0 aliphatic heterocycles. The second-order valence-corrected chi connectivity index (χ2v) is 0.271. The number of halogens is 3. The molecule has 0 radical (unpaired) electrons. The van der Waals surface area contributed by atoms with E-state index in [-0.39, 0.29) is 0 Å². The summed E-state index contributed by atoms with van der Waals surface area (Å²) in [6.45, 7) is 0. The Morgan fingerprint density at radius 1 is 1.40 bits per heavy atom. The van der Waals surface area contributed by atoms with Gasteiger partial charge in [-0.3, -0.25) is 0 Å². The van der Waals surface area contributed by atoms with Gasteiger partial charge in [-0.05, 0) is 9.57 Å². The maximum atomic E-state index is 10.0. The van der Waals surface area contributed by atoms with Gasteiger partial charge in [-0.25, -0.2) is 0 Å². The van der Waals surface area contributed by atoms with Gasteiger partial charge < -0.3 is 0 Å². The predicted octanol–water partition coefficient (Wildman–Crippen LogP) is 0.874. The molecule has 0 spiro atoms. The molecule has 0 aliphatic carbocycles. The molecular formula is F3NO. The van der Waals surface area contributed by atoms with Crippen LogP contribution in [0, 0.1) is 0 Å². The Morgan fingerprint density at radius 2 is 1.60 bits per heavy atom. The highest BCUT2D eigenvalue weighted by Crippen LogP contribution is 1.87. The molecule has 0 saturated carbocycles. The summed E-state index contributed by atoms with van der Waals surface area (Å²) in [4.78, 5) is 0. The SMILES string of the molecule is FON(F)F. The van der Waals surface area contributed by atoms with Crippen molar-refractivity contribution in [3.8, 4) is 0 Å². The highest BCUT2D eigenvalue weighted by atomic mass is 19.4. The summed E-state index contributed by atoms with van der Waals surface area (Å²) in [5.74, 6) is 0. The summed E-state index contributed by atoms with van der Waals surface area (Å²) in [7, 11) is 0. The molecule has 0 aromatic rings. The first-order valence-electron chi connectivity index (χ1n) is 0.675. The maximum Gasteiger partial charge on any atom is 0.192 e. The van der Waals surface area contributed by atoms with E-state index in [2.05, 4.69) is 0 Å². The molecule has 0 atom stereocenters. The van der Waals surface area contributed by atoms with Crippen molar-refractivity contribution in [1.82, 2.24) is 5.51 Å². The van der Waals surface area contributed by atoms with Gasteiger partial charge in [-0.2, -0.15) is 0 Å². The molecule has 0 saturated heterocycles. The second-order valence-electron chi connectivity index (χ2n) is 0.271. The maximum absolute atomic E-state index is 10.0. The van der Waals surface area contributed by atoms with Gasteiger partial charge in [0.25, 0.3) is 0 Å². The minimum atomic E-state index is -2.04. The van der Waals surface area contributed by atoms with Crippen LogP contribution in [-0.4, -0.2) is 5.51 Å². The van der Waals surface area contributed by atoms with Crippen LogP contribution in [0.1, 0.15) is 0 Å². The van der Waals surface area contributed by atoms with Crippen LogP contribution in [0.15, 0.2) is 0 Å². The highest BCUT2D eigenvalue weighted by Gasteiger charge is 1.91. The zero-order valence-electron chi connectivity index (χ0n) is 1.99. The average Bonchev–Trinajstić information content (AvgIpc) is 1.38. The van der Waals surface area contributed by atoms with Crippen molar-refractivity contribution in [3.63, 3.8) is 0 Å². The third-order valence-electron chi connectivity index (χ3n) is 0.0522. The molecule has 32 valence electrons. The van der Waals surface area contributed by atoms with Crippen molar-refractivity contribution in [2.24, 2.45) is 0 Å². The Hall–Kier alpha value is -0.290. The Bertz CT molecular complexity index is 20.9. The molecule has 0 rings (SSSR count). The molecule has 0 heterocycles. The fourth-order valence-corrected chi connectivity index (χ4v) is 0. The van der Waals surface area contributed by atoms with Crippen molar-refractivity contribution in [2.75, 3.05) is 0 Å². The van der Waals surface area contributed by atoms with Gasteiger partial charge in [0.15, 0.2) is 5.51 Å². The van der Waals surface area contributed by atoms with Crippen LogP contribution in [0.3, 0.4) is 0 Å². The van der Waals surface area contributed by atoms with Gasteiger partial charge in [0.1, 0.15) is 0 Å². The van der Waals surface area contributed by atoms with Crippen molar-refractivity contribution < 1.29 is 18.5 Å². The molecule has 2 nitrogen and oxygen atoms in total. The van der Waals surface area contributed by atoms with E-state index < -0.39 is 5.51 Å². The first kappa shape index (κ1) is 4.71. The van der Waals surface area contributed by atoms with Crippen LogP contribution in [0.25, 0.3) is 0 Å². The van der Waals surface area contributed by atoms with Crippen LogP contribution in [0.5, 0.6) is 0 Å². The Balaban J connectivity index is 2.54. The van der Waals surface area contributed by atoms with Gasteiger partial charge in [0, 0.05) is 0 Å². The van der Waals surface area contributed by atoms with E-state index in [1.807, 2.05) is 0 Å². The van der Waals surface area contributed by atoms with Crippen LogP contribution < -0.4 is 0 Å². The fraction of sp³-hybridized carbons (Fsp3) is 0.